The van der Waals surface area contributed by atoms with Crippen molar-refractivity contribution >= 4 is 5.97 Å². The molecule has 0 radical (unpaired) electrons. The molecule has 21 heavy (non-hydrogen) atoms. The van der Waals surface area contributed by atoms with Crippen molar-refractivity contribution < 1.29 is 19.5 Å². The molecule has 1 saturated heterocycles. The molecule has 1 heterocycles. The van der Waals surface area contributed by atoms with Crippen LogP contribution < -0.4 is 0 Å². The number of hydrogen-bond donors (Lipinski definition) is 1. The maximum absolute atomic E-state index is 11.7. The molecule has 0 bridgehead atoms. The van der Waals surface area contributed by atoms with E-state index in [2.05, 4.69) is 27.7 Å². The van der Waals surface area contributed by atoms with Gasteiger partial charge in [-0.25, -0.2) is 4.79 Å². The summed E-state index contributed by atoms with van der Waals surface area (Å²) in [5.74, 6) is -0.322. The summed E-state index contributed by atoms with van der Waals surface area (Å²) in [6, 6.07) is 0. The van der Waals surface area contributed by atoms with Gasteiger partial charge in [0.1, 0.15) is 0 Å². The number of esters is 1. The predicted octanol–water partition coefficient (Wildman–Crippen LogP) is 2.52. The standard InChI is InChI=1S/C16H31NO4/c1-8-15(5)10-13(18)11(3)16(6,9-2)17(15)21-12(4)14(19)20-7/h11-13,18H,8-10H2,1-7H3. The molecule has 0 aliphatic carbocycles. The highest BCUT2D eigenvalue weighted by Crippen LogP contribution is 2.46. The molecule has 0 spiro atoms. The van der Waals surface area contributed by atoms with Gasteiger partial charge in [0.2, 0.25) is 0 Å². The number of carbonyl (C=O) groups excluding carboxylic acids is 1. The topological polar surface area (TPSA) is 59.0 Å². The van der Waals surface area contributed by atoms with Crippen LogP contribution in [0.2, 0.25) is 0 Å². The Hall–Kier alpha value is -0.650. The Labute approximate surface area is 128 Å². The first-order valence-corrected chi connectivity index (χ1v) is 7.89. The summed E-state index contributed by atoms with van der Waals surface area (Å²) in [5, 5.41) is 12.4. The van der Waals surface area contributed by atoms with Crippen molar-refractivity contribution in [3.63, 3.8) is 0 Å². The van der Waals surface area contributed by atoms with Crippen LogP contribution >= 0.6 is 0 Å². The number of ether oxygens (including phenoxy) is 1. The van der Waals surface area contributed by atoms with E-state index in [-0.39, 0.29) is 29.1 Å². The first-order valence-electron chi connectivity index (χ1n) is 7.89. The first kappa shape index (κ1) is 18.4. The normalized spacial score (nSPS) is 39.0. The van der Waals surface area contributed by atoms with Gasteiger partial charge in [0.05, 0.1) is 13.2 Å². The zero-order chi connectivity index (χ0) is 16.4. The van der Waals surface area contributed by atoms with E-state index in [1.54, 1.807) is 6.92 Å². The zero-order valence-electron chi connectivity index (χ0n) is 14.5. The largest absolute Gasteiger partial charge is 0.467 e. The van der Waals surface area contributed by atoms with Crippen LogP contribution in [-0.2, 0) is 14.4 Å². The molecular formula is C16H31NO4. The third kappa shape index (κ3) is 3.25. The zero-order valence-corrected chi connectivity index (χ0v) is 14.5. The number of piperidine rings is 1. The van der Waals surface area contributed by atoms with Gasteiger partial charge in [-0.1, -0.05) is 20.8 Å². The number of nitrogens with zero attached hydrogens (tertiary/aromatic N) is 1. The van der Waals surface area contributed by atoms with Crippen LogP contribution in [-0.4, -0.2) is 46.5 Å². The maximum Gasteiger partial charge on any atom is 0.336 e. The first-order chi connectivity index (χ1) is 9.66. The Morgan fingerprint density at radius 2 is 1.95 bits per heavy atom. The third-order valence-corrected chi connectivity index (χ3v) is 5.44. The predicted molar refractivity (Wildman–Crippen MR) is 81.6 cm³/mol. The van der Waals surface area contributed by atoms with Crippen molar-refractivity contribution in [3.8, 4) is 0 Å². The van der Waals surface area contributed by atoms with Crippen LogP contribution in [0, 0.1) is 5.92 Å². The van der Waals surface area contributed by atoms with Crippen molar-refractivity contribution in [2.45, 2.75) is 84.1 Å². The van der Waals surface area contributed by atoms with Crippen LogP contribution in [0.1, 0.15) is 60.8 Å². The Morgan fingerprint density at radius 3 is 2.38 bits per heavy atom. The quantitative estimate of drug-likeness (QED) is 0.791. The summed E-state index contributed by atoms with van der Waals surface area (Å²) in [6.07, 6.45) is 1.27. The Morgan fingerprint density at radius 1 is 1.38 bits per heavy atom. The van der Waals surface area contributed by atoms with E-state index < -0.39 is 6.10 Å². The highest BCUT2D eigenvalue weighted by Gasteiger charge is 2.54. The second-order valence-corrected chi connectivity index (χ2v) is 6.69. The van der Waals surface area contributed by atoms with Crippen molar-refractivity contribution in [3.05, 3.63) is 0 Å². The second kappa shape index (κ2) is 6.63. The number of aliphatic hydroxyl groups is 1. The molecule has 1 aliphatic rings. The van der Waals surface area contributed by atoms with E-state index in [4.69, 9.17) is 9.57 Å². The van der Waals surface area contributed by atoms with E-state index >= 15 is 0 Å². The van der Waals surface area contributed by atoms with E-state index in [0.717, 1.165) is 12.8 Å². The summed E-state index contributed by atoms with van der Waals surface area (Å²) in [6.45, 7) is 12.1. The van der Waals surface area contributed by atoms with Crippen molar-refractivity contribution in [2.24, 2.45) is 5.92 Å². The molecule has 5 heteroatoms. The number of methoxy groups -OCH3 is 1. The smallest absolute Gasteiger partial charge is 0.336 e. The number of aliphatic hydroxyl groups excluding tert-OH is 1. The molecule has 0 aromatic carbocycles. The van der Waals surface area contributed by atoms with Gasteiger partial charge < -0.3 is 9.84 Å². The van der Waals surface area contributed by atoms with Crippen LogP contribution in [0.15, 0.2) is 0 Å². The van der Waals surface area contributed by atoms with E-state index in [1.165, 1.54) is 7.11 Å². The van der Waals surface area contributed by atoms with Crippen LogP contribution in [0.25, 0.3) is 0 Å². The second-order valence-electron chi connectivity index (χ2n) is 6.69. The maximum atomic E-state index is 11.7. The molecule has 0 aromatic heterocycles. The number of rotatable bonds is 5. The summed E-state index contributed by atoms with van der Waals surface area (Å²) in [5.41, 5.74) is -0.635. The van der Waals surface area contributed by atoms with E-state index in [9.17, 15) is 9.90 Å². The lowest BCUT2D eigenvalue weighted by Crippen LogP contribution is -2.68. The molecule has 124 valence electrons. The van der Waals surface area contributed by atoms with Crippen LogP contribution in [0.5, 0.6) is 0 Å². The molecule has 5 atom stereocenters. The minimum Gasteiger partial charge on any atom is -0.467 e. The lowest BCUT2D eigenvalue weighted by atomic mass is 9.69. The van der Waals surface area contributed by atoms with Crippen LogP contribution in [0.4, 0.5) is 0 Å². The number of hydrogen-bond acceptors (Lipinski definition) is 5. The van der Waals surface area contributed by atoms with Gasteiger partial charge >= 0.3 is 5.97 Å². The van der Waals surface area contributed by atoms with Gasteiger partial charge in [0, 0.05) is 17.0 Å². The molecule has 0 amide bonds. The fraction of sp³-hybridized carbons (Fsp3) is 0.938. The van der Waals surface area contributed by atoms with E-state index in [1.807, 2.05) is 12.0 Å². The number of carbonyl (C=O) groups is 1. The van der Waals surface area contributed by atoms with Crippen molar-refractivity contribution in [1.29, 1.82) is 0 Å². The SMILES string of the molecule is CCC1(C)CC(O)C(C)C(C)(CC)N1OC(C)C(=O)OC. The lowest BCUT2D eigenvalue weighted by molar-refractivity contribution is -0.330. The van der Waals surface area contributed by atoms with Crippen LogP contribution in [0.3, 0.4) is 0 Å². The minimum absolute atomic E-state index is 0.0620. The average Bonchev–Trinajstić information content (AvgIpc) is 2.48. The molecule has 1 rings (SSSR count). The molecular weight excluding hydrogens is 270 g/mol. The fourth-order valence-electron chi connectivity index (χ4n) is 3.29. The molecule has 5 unspecified atom stereocenters. The van der Waals surface area contributed by atoms with Gasteiger partial charge in [-0.15, -0.1) is 0 Å². The average molecular weight is 301 g/mol. The summed E-state index contributed by atoms with van der Waals surface area (Å²) in [4.78, 5) is 17.7. The van der Waals surface area contributed by atoms with Gasteiger partial charge in [-0.3, -0.25) is 4.84 Å². The minimum atomic E-state index is -0.658. The van der Waals surface area contributed by atoms with Gasteiger partial charge in [-0.2, -0.15) is 5.06 Å². The fourth-order valence-corrected chi connectivity index (χ4v) is 3.29. The van der Waals surface area contributed by atoms with Crippen molar-refractivity contribution in [1.82, 2.24) is 5.06 Å². The highest BCUT2D eigenvalue weighted by molar-refractivity contribution is 5.73. The summed E-state index contributed by atoms with van der Waals surface area (Å²) in [7, 11) is 1.36. The molecule has 5 nitrogen and oxygen atoms in total. The van der Waals surface area contributed by atoms with Gasteiger partial charge in [-0.05, 0) is 40.0 Å². The Kier molecular flexibility index (Phi) is 5.81. The van der Waals surface area contributed by atoms with E-state index in [0.29, 0.717) is 6.42 Å². The van der Waals surface area contributed by atoms with Crippen molar-refractivity contribution in [2.75, 3.05) is 7.11 Å². The third-order valence-electron chi connectivity index (χ3n) is 5.44. The van der Waals surface area contributed by atoms with Gasteiger partial charge in [0.25, 0.3) is 0 Å². The monoisotopic (exact) mass is 301 g/mol. The summed E-state index contributed by atoms with van der Waals surface area (Å²) >= 11 is 0. The molecule has 1 N–H and O–H groups in total. The molecule has 0 saturated carbocycles. The molecule has 1 aliphatic heterocycles. The summed E-state index contributed by atoms with van der Waals surface area (Å²) < 4.78 is 4.77. The Balaban J connectivity index is 3.15. The highest BCUT2D eigenvalue weighted by atomic mass is 16.7. The molecule has 1 fully saturated rings. The lowest BCUT2D eigenvalue weighted by Gasteiger charge is -2.58. The molecule has 0 aromatic rings. The Bertz CT molecular complexity index is 375. The van der Waals surface area contributed by atoms with Gasteiger partial charge in [0.15, 0.2) is 6.10 Å². The number of hydroxylamine groups is 2.